The van der Waals surface area contributed by atoms with Crippen molar-refractivity contribution in [2.45, 2.75) is 25.8 Å². The van der Waals surface area contributed by atoms with Crippen LogP contribution in [0.5, 0.6) is 0 Å². The molecule has 0 rings (SSSR count). The van der Waals surface area contributed by atoms with Gasteiger partial charge >= 0.3 is 0 Å². The molecule has 0 radical (unpaired) electrons. The Balaban J connectivity index is 4.32. The van der Waals surface area contributed by atoms with Crippen molar-refractivity contribution in [1.82, 2.24) is 4.72 Å². The van der Waals surface area contributed by atoms with Gasteiger partial charge in [0.25, 0.3) is 0 Å². The van der Waals surface area contributed by atoms with Crippen molar-refractivity contribution < 1.29 is 13.2 Å². The number of rotatable bonds is 7. The summed E-state index contributed by atoms with van der Waals surface area (Å²) in [7, 11) is -1.89. The quantitative estimate of drug-likeness (QED) is 0.320. The van der Waals surface area contributed by atoms with Crippen LogP contribution in [0.3, 0.4) is 0 Å². The summed E-state index contributed by atoms with van der Waals surface area (Å²) in [6.07, 6.45) is 0.416. The Morgan fingerprint density at radius 3 is 2.47 bits per heavy atom. The maximum Gasteiger partial charge on any atom is 0.212 e. The van der Waals surface area contributed by atoms with E-state index in [1.165, 1.54) is 7.11 Å². The van der Waals surface area contributed by atoms with Crippen LogP contribution in [0.1, 0.15) is 20.3 Å². The lowest BCUT2D eigenvalue weighted by atomic mass is 10.1. The first kappa shape index (κ1) is 14.3. The average molecular weight is 237 g/mol. The first-order valence-electron chi connectivity index (χ1n) is 4.56. The fraction of sp³-hybridized carbons (Fsp3) is 0.875. The SMILES string of the molecule is COCCCS(=O)(=O)NC(C)(C)C(=N)N. The van der Waals surface area contributed by atoms with E-state index in [1.54, 1.807) is 13.8 Å². The molecule has 0 saturated carbocycles. The van der Waals surface area contributed by atoms with Gasteiger partial charge in [0.05, 0.1) is 11.3 Å². The van der Waals surface area contributed by atoms with Crippen LogP contribution in [0.25, 0.3) is 0 Å². The van der Waals surface area contributed by atoms with Crippen LogP contribution >= 0.6 is 0 Å². The molecule has 0 heterocycles. The zero-order valence-electron chi connectivity index (χ0n) is 9.33. The number of nitrogens with one attached hydrogen (secondary N) is 2. The summed E-state index contributed by atoms with van der Waals surface area (Å²) < 4.78 is 30.1. The average Bonchev–Trinajstić information content (AvgIpc) is 2.01. The molecule has 0 atom stereocenters. The van der Waals surface area contributed by atoms with Crippen LogP contribution in [0.15, 0.2) is 0 Å². The summed E-state index contributed by atoms with van der Waals surface area (Å²) in [4.78, 5) is 0. The van der Waals surface area contributed by atoms with Crippen molar-refractivity contribution in [3.8, 4) is 0 Å². The molecule has 0 saturated heterocycles. The van der Waals surface area contributed by atoms with E-state index in [2.05, 4.69) is 4.72 Å². The van der Waals surface area contributed by atoms with Crippen molar-refractivity contribution >= 4 is 15.9 Å². The van der Waals surface area contributed by atoms with Gasteiger partial charge in [0, 0.05) is 13.7 Å². The van der Waals surface area contributed by atoms with E-state index >= 15 is 0 Å². The molecule has 0 aliphatic rings. The number of ether oxygens (including phenoxy) is 1. The molecular weight excluding hydrogens is 218 g/mol. The van der Waals surface area contributed by atoms with Crippen LogP contribution in [0.4, 0.5) is 0 Å². The second-order valence-electron chi connectivity index (χ2n) is 3.81. The normalized spacial score (nSPS) is 12.7. The predicted molar refractivity (Wildman–Crippen MR) is 59.4 cm³/mol. The first-order chi connectivity index (χ1) is 6.71. The van der Waals surface area contributed by atoms with Gasteiger partial charge in [-0.05, 0) is 20.3 Å². The van der Waals surface area contributed by atoms with E-state index in [0.717, 1.165) is 0 Å². The summed E-state index contributed by atoms with van der Waals surface area (Å²) in [6.45, 7) is 3.48. The third-order valence-corrected chi connectivity index (χ3v) is 3.49. The molecule has 6 nitrogen and oxygen atoms in total. The molecule has 0 aromatic rings. The zero-order chi connectivity index (χ0) is 12.1. The Kier molecular flexibility index (Phi) is 5.19. The molecule has 0 aromatic heterocycles. The molecule has 0 unspecified atom stereocenters. The fourth-order valence-corrected chi connectivity index (χ4v) is 2.38. The summed E-state index contributed by atoms with van der Waals surface area (Å²) in [5.74, 6) is -0.241. The van der Waals surface area contributed by atoms with E-state index in [-0.39, 0.29) is 11.6 Å². The lowest BCUT2D eigenvalue weighted by molar-refractivity contribution is 0.199. The van der Waals surface area contributed by atoms with Crippen LogP contribution in [0, 0.1) is 5.41 Å². The number of nitrogens with two attached hydrogens (primary N) is 1. The van der Waals surface area contributed by atoms with Crippen LogP contribution in [0.2, 0.25) is 0 Å². The molecule has 0 aliphatic heterocycles. The highest BCUT2D eigenvalue weighted by atomic mass is 32.2. The summed E-state index contributed by atoms with van der Waals surface area (Å²) in [5.41, 5.74) is 4.23. The largest absolute Gasteiger partial charge is 0.386 e. The maximum absolute atomic E-state index is 11.5. The third-order valence-electron chi connectivity index (χ3n) is 1.85. The fourth-order valence-electron chi connectivity index (χ4n) is 0.888. The summed E-state index contributed by atoms with van der Waals surface area (Å²) in [5, 5.41) is 7.22. The minimum absolute atomic E-state index is 0.0302. The summed E-state index contributed by atoms with van der Waals surface area (Å²) in [6, 6.07) is 0. The van der Waals surface area contributed by atoms with Gasteiger partial charge in [-0.15, -0.1) is 0 Å². The molecule has 0 amide bonds. The maximum atomic E-state index is 11.5. The summed E-state index contributed by atoms with van der Waals surface area (Å²) >= 11 is 0. The smallest absolute Gasteiger partial charge is 0.212 e. The van der Waals surface area contributed by atoms with Gasteiger partial charge < -0.3 is 10.5 Å². The van der Waals surface area contributed by atoms with Crippen molar-refractivity contribution in [2.24, 2.45) is 5.73 Å². The highest BCUT2D eigenvalue weighted by Gasteiger charge is 2.27. The highest BCUT2D eigenvalue weighted by Crippen LogP contribution is 2.04. The minimum Gasteiger partial charge on any atom is -0.386 e. The molecule has 0 aromatic carbocycles. The molecule has 0 fully saturated rings. The van der Waals surface area contributed by atoms with Crippen LogP contribution < -0.4 is 10.5 Å². The molecule has 0 aliphatic carbocycles. The number of hydrogen-bond donors (Lipinski definition) is 3. The van der Waals surface area contributed by atoms with Crippen molar-refractivity contribution in [2.75, 3.05) is 19.5 Å². The van der Waals surface area contributed by atoms with Crippen LogP contribution in [-0.4, -0.2) is 39.3 Å². The van der Waals surface area contributed by atoms with E-state index in [9.17, 15) is 8.42 Å². The van der Waals surface area contributed by atoms with E-state index < -0.39 is 15.6 Å². The second kappa shape index (κ2) is 5.43. The van der Waals surface area contributed by atoms with E-state index in [4.69, 9.17) is 15.9 Å². The molecule has 4 N–H and O–H groups in total. The van der Waals surface area contributed by atoms with Crippen molar-refractivity contribution in [1.29, 1.82) is 5.41 Å². The Hall–Kier alpha value is -0.660. The van der Waals surface area contributed by atoms with Gasteiger partial charge in [-0.3, -0.25) is 5.41 Å². The zero-order valence-corrected chi connectivity index (χ0v) is 10.1. The third kappa shape index (κ3) is 5.71. The molecule has 15 heavy (non-hydrogen) atoms. The Morgan fingerprint density at radius 1 is 1.53 bits per heavy atom. The highest BCUT2D eigenvalue weighted by molar-refractivity contribution is 7.89. The molecular formula is C8H19N3O3S. The van der Waals surface area contributed by atoms with Gasteiger partial charge in [0.15, 0.2) is 0 Å². The molecule has 90 valence electrons. The van der Waals surface area contributed by atoms with Crippen LogP contribution in [-0.2, 0) is 14.8 Å². The number of amidine groups is 1. The Bertz CT molecular complexity index is 311. The molecule has 0 spiro atoms. The predicted octanol–water partition coefficient (Wildman–Crippen LogP) is -0.343. The topological polar surface area (TPSA) is 105 Å². The second-order valence-corrected chi connectivity index (χ2v) is 5.65. The van der Waals surface area contributed by atoms with Gasteiger partial charge in [-0.25, -0.2) is 13.1 Å². The van der Waals surface area contributed by atoms with Gasteiger partial charge in [0.2, 0.25) is 10.0 Å². The Labute approximate surface area is 90.7 Å². The Morgan fingerprint density at radius 2 is 2.07 bits per heavy atom. The van der Waals surface area contributed by atoms with Crippen molar-refractivity contribution in [3.63, 3.8) is 0 Å². The van der Waals surface area contributed by atoms with Gasteiger partial charge in [0.1, 0.15) is 5.84 Å². The van der Waals surface area contributed by atoms with Gasteiger partial charge in [-0.1, -0.05) is 0 Å². The lowest BCUT2D eigenvalue weighted by Crippen LogP contribution is -2.53. The number of sulfonamides is 1. The van der Waals surface area contributed by atoms with Gasteiger partial charge in [-0.2, -0.15) is 0 Å². The van der Waals surface area contributed by atoms with Crippen molar-refractivity contribution in [3.05, 3.63) is 0 Å². The molecule has 0 bridgehead atoms. The van der Waals surface area contributed by atoms with E-state index in [1.807, 2.05) is 0 Å². The molecule has 7 heteroatoms. The standard InChI is InChI=1S/C8H19N3O3S/c1-8(2,7(9)10)11-15(12,13)6-4-5-14-3/h11H,4-6H2,1-3H3,(H3,9,10). The van der Waals surface area contributed by atoms with E-state index in [0.29, 0.717) is 13.0 Å². The number of methoxy groups -OCH3 is 1. The first-order valence-corrected chi connectivity index (χ1v) is 6.21. The lowest BCUT2D eigenvalue weighted by Gasteiger charge is -2.24. The minimum atomic E-state index is -3.41. The monoisotopic (exact) mass is 237 g/mol. The number of hydrogen-bond acceptors (Lipinski definition) is 4.